The maximum Gasteiger partial charge on any atom is 0.312 e. The number of carboxylic acids is 1. The first-order valence-electron chi connectivity index (χ1n) is 4.12. The Morgan fingerprint density at radius 3 is 2.53 bits per heavy atom. The van der Waals surface area contributed by atoms with Crippen LogP contribution in [0.3, 0.4) is 0 Å². The number of hydrogen-bond acceptors (Lipinski definition) is 4. The van der Waals surface area contributed by atoms with E-state index in [1.807, 2.05) is 0 Å². The van der Waals surface area contributed by atoms with Crippen LogP contribution in [0.15, 0.2) is 12.1 Å². The summed E-state index contributed by atoms with van der Waals surface area (Å²) in [6.45, 7) is -0.295. The number of benzene rings is 1. The number of phenols is 2. The van der Waals surface area contributed by atoms with Crippen LogP contribution in [-0.4, -0.2) is 27.8 Å². The summed E-state index contributed by atoms with van der Waals surface area (Å²) in [6, 6.07) is 2.09. The Morgan fingerprint density at radius 2 is 2.07 bits per heavy atom. The Labute approximate surface area is 84.6 Å². The Morgan fingerprint density at radius 1 is 1.47 bits per heavy atom. The Kier molecular flexibility index (Phi) is 3.11. The molecule has 6 heteroatoms. The third-order valence-corrected chi connectivity index (χ3v) is 2.03. The molecule has 0 aliphatic carbocycles. The lowest BCUT2D eigenvalue weighted by atomic mass is 9.98. The summed E-state index contributed by atoms with van der Waals surface area (Å²) in [7, 11) is 0. The summed E-state index contributed by atoms with van der Waals surface area (Å²) in [5.74, 6) is -5.30. The number of aromatic hydroxyl groups is 2. The number of rotatable bonds is 3. The van der Waals surface area contributed by atoms with E-state index in [4.69, 9.17) is 21.1 Å². The van der Waals surface area contributed by atoms with Crippen LogP contribution in [0.5, 0.6) is 11.5 Å². The summed E-state index contributed by atoms with van der Waals surface area (Å²) in [4.78, 5) is 10.7. The largest absolute Gasteiger partial charge is 0.504 e. The van der Waals surface area contributed by atoms with Crippen LogP contribution in [0.25, 0.3) is 0 Å². The van der Waals surface area contributed by atoms with Gasteiger partial charge < -0.3 is 21.1 Å². The van der Waals surface area contributed by atoms with Gasteiger partial charge in [-0.1, -0.05) is 6.07 Å². The standard InChI is InChI=1S/C9H10FNO4/c10-7-4(5(3-11)9(14)15)1-2-6(12)8(7)13/h1-2,5,12-13H,3,11H2,(H,14,15). The van der Waals surface area contributed by atoms with E-state index in [0.717, 1.165) is 12.1 Å². The molecule has 0 aromatic heterocycles. The minimum absolute atomic E-state index is 0.250. The fraction of sp³-hybridized carbons (Fsp3) is 0.222. The molecule has 0 aliphatic heterocycles. The average Bonchev–Trinajstić information content (AvgIpc) is 2.18. The van der Waals surface area contributed by atoms with Crippen molar-refractivity contribution in [1.82, 2.24) is 0 Å². The second-order valence-electron chi connectivity index (χ2n) is 2.96. The van der Waals surface area contributed by atoms with Gasteiger partial charge in [-0.15, -0.1) is 0 Å². The van der Waals surface area contributed by atoms with Crippen molar-refractivity contribution in [3.63, 3.8) is 0 Å². The zero-order valence-electron chi connectivity index (χ0n) is 7.64. The highest BCUT2D eigenvalue weighted by Gasteiger charge is 2.24. The summed E-state index contributed by atoms with van der Waals surface area (Å²) >= 11 is 0. The Bertz CT molecular complexity index is 394. The molecule has 0 heterocycles. The van der Waals surface area contributed by atoms with Crippen molar-refractivity contribution in [2.45, 2.75) is 5.92 Å². The third-order valence-electron chi connectivity index (χ3n) is 2.03. The molecule has 15 heavy (non-hydrogen) atoms. The smallest absolute Gasteiger partial charge is 0.312 e. The average molecular weight is 215 g/mol. The molecule has 1 unspecified atom stereocenters. The topological polar surface area (TPSA) is 104 Å². The van der Waals surface area contributed by atoms with E-state index >= 15 is 0 Å². The molecule has 0 bridgehead atoms. The fourth-order valence-corrected chi connectivity index (χ4v) is 1.20. The van der Waals surface area contributed by atoms with Gasteiger partial charge in [0.15, 0.2) is 17.3 Å². The van der Waals surface area contributed by atoms with Crippen LogP contribution >= 0.6 is 0 Å². The Hall–Kier alpha value is -1.82. The number of phenolic OH excluding ortho intramolecular Hbond substituents is 2. The first-order chi connectivity index (χ1) is 6.99. The second kappa shape index (κ2) is 4.14. The highest BCUT2D eigenvalue weighted by atomic mass is 19.1. The predicted octanol–water partition coefficient (Wildman–Crippen LogP) is 0.364. The highest BCUT2D eigenvalue weighted by Crippen LogP contribution is 2.32. The maximum atomic E-state index is 13.3. The van der Waals surface area contributed by atoms with Crippen molar-refractivity contribution >= 4 is 5.97 Å². The second-order valence-corrected chi connectivity index (χ2v) is 2.96. The van der Waals surface area contributed by atoms with Crippen molar-refractivity contribution in [2.24, 2.45) is 5.73 Å². The zero-order chi connectivity index (χ0) is 11.6. The molecule has 1 aromatic rings. The van der Waals surface area contributed by atoms with Crippen LogP contribution in [0.1, 0.15) is 11.5 Å². The van der Waals surface area contributed by atoms with Gasteiger partial charge in [0.05, 0.1) is 5.92 Å². The monoisotopic (exact) mass is 215 g/mol. The van der Waals surface area contributed by atoms with E-state index in [1.54, 1.807) is 0 Å². The zero-order valence-corrected chi connectivity index (χ0v) is 7.64. The lowest BCUT2D eigenvalue weighted by Gasteiger charge is -2.12. The number of hydrogen-bond donors (Lipinski definition) is 4. The number of aliphatic carboxylic acids is 1. The van der Waals surface area contributed by atoms with E-state index < -0.39 is 29.2 Å². The molecule has 5 nitrogen and oxygen atoms in total. The van der Waals surface area contributed by atoms with Crippen LogP contribution in [0.2, 0.25) is 0 Å². The van der Waals surface area contributed by atoms with E-state index in [-0.39, 0.29) is 12.1 Å². The number of carboxylic acid groups (broad SMARTS) is 1. The molecule has 0 spiro atoms. The van der Waals surface area contributed by atoms with Crippen molar-refractivity contribution in [3.05, 3.63) is 23.5 Å². The number of halogens is 1. The van der Waals surface area contributed by atoms with Crippen molar-refractivity contribution < 1.29 is 24.5 Å². The molecule has 82 valence electrons. The number of carbonyl (C=O) groups is 1. The van der Waals surface area contributed by atoms with Gasteiger partial charge in [0.1, 0.15) is 0 Å². The van der Waals surface area contributed by atoms with Crippen LogP contribution in [0, 0.1) is 5.82 Å². The minimum Gasteiger partial charge on any atom is -0.504 e. The van der Waals surface area contributed by atoms with Gasteiger partial charge in [-0.3, -0.25) is 4.79 Å². The summed E-state index contributed by atoms with van der Waals surface area (Å²) in [6.07, 6.45) is 0. The van der Waals surface area contributed by atoms with Crippen LogP contribution < -0.4 is 5.73 Å². The highest BCUT2D eigenvalue weighted by molar-refractivity contribution is 5.77. The molecule has 0 amide bonds. The molecule has 1 aromatic carbocycles. The van der Waals surface area contributed by atoms with Crippen molar-refractivity contribution in [3.8, 4) is 11.5 Å². The van der Waals surface area contributed by atoms with Gasteiger partial charge in [0.2, 0.25) is 0 Å². The minimum atomic E-state index is -1.29. The molecule has 0 saturated heterocycles. The molecular formula is C9H10FNO4. The van der Waals surface area contributed by atoms with Gasteiger partial charge in [0.25, 0.3) is 0 Å². The lowest BCUT2D eigenvalue weighted by Crippen LogP contribution is -2.22. The third kappa shape index (κ3) is 1.99. The predicted molar refractivity (Wildman–Crippen MR) is 49.2 cm³/mol. The molecular weight excluding hydrogens is 205 g/mol. The van der Waals surface area contributed by atoms with E-state index in [1.165, 1.54) is 0 Å². The van der Waals surface area contributed by atoms with Crippen LogP contribution in [-0.2, 0) is 4.79 Å². The lowest BCUT2D eigenvalue weighted by molar-refractivity contribution is -0.138. The molecule has 0 radical (unpaired) electrons. The first kappa shape index (κ1) is 11.3. The van der Waals surface area contributed by atoms with E-state index in [2.05, 4.69) is 0 Å². The maximum absolute atomic E-state index is 13.3. The number of nitrogens with two attached hydrogens (primary N) is 1. The van der Waals surface area contributed by atoms with Gasteiger partial charge >= 0.3 is 5.97 Å². The Balaban J connectivity index is 3.25. The quantitative estimate of drug-likeness (QED) is 0.545. The molecule has 0 saturated carbocycles. The van der Waals surface area contributed by atoms with Crippen LogP contribution in [0.4, 0.5) is 4.39 Å². The molecule has 1 atom stereocenters. The molecule has 0 fully saturated rings. The van der Waals surface area contributed by atoms with Crippen molar-refractivity contribution in [2.75, 3.05) is 6.54 Å². The fourth-order valence-electron chi connectivity index (χ4n) is 1.20. The molecule has 5 N–H and O–H groups in total. The first-order valence-corrected chi connectivity index (χ1v) is 4.12. The van der Waals surface area contributed by atoms with Gasteiger partial charge in [0, 0.05) is 12.1 Å². The van der Waals surface area contributed by atoms with E-state index in [0.29, 0.717) is 0 Å². The SMILES string of the molecule is NCC(C(=O)O)c1ccc(O)c(O)c1F. The molecule has 1 rings (SSSR count). The molecule has 0 aliphatic rings. The van der Waals surface area contributed by atoms with E-state index in [9.17, 15) is 9.18 Å². The summed E-state index contributed by atoms with van der Waals surface area (Å²) in [5.41, 5.74) is 4.92. The van der Waals surface area contributed by atoms with Gasteiger partial charge in [-0.2, -0.15) is 0 Å². The summed E-state index contributed by atoms with van der Waals surface area (Å²) < 4.78 is 13.3. The van der Waals surface area contributed by atoms with Gasteiger partial charge in [-0.25, -0.2) is 4.39 Å². The van der Waals surface area contributed by atoms with Gasteiger partial charge in [-0.05, 0) is 6.07 Å². The summed E-state index contributed by atoms with van der Waals surface area (Å²) in [5, 5.41) is 26.7. The normalized spacial score (nSPS) is 12.4. The van der Waals surface area contributed by atoms with Crippen molar-refractivity contribution in [1.29, 1.82) is 0 Å².